The molecule has 0 unspecified atom stereocenters. The summed E-state index contributed by atoms with van der Waals surface area (Å²) in [7, 11) is 0. The van der Waals surface area contributed by atoms with Gasteiger partial charge in [0.2, 0.25) is 0 Å². The Balaban J connectivity index is 1.73. The van der Waals surface area contributed by atoms with Gasteiger partial charge in [-0.15, -0.1) is 11.3 Å². The number of fused-ring (bicyclic) bond motifs is 1. The van der Waals surface area contributed by atoms with Crippen molar-refractivity contribution in [2.24, 2.45) is 0 Å². The van der Waals surface area contributed by atoms with Crippen molar-refractivity contribution in [2.45, 2.75) is 0 Å². The quantitative estimate of drug-likeness (QED) is 0.732. The predicted molar refractivity (Wildman–Crippen MR) is 96.3 cm³/mol. The van der Waals surface area contributed by atoms with Crippen LogP contribution in [0.15, 0.2) is 66.0 Å². The number of anilines is 2. The van der Waals surface area contributed by atoms with Gasteiger partial charge in [-0.3, -0.25) is 14.4 Å². The fraction of sp³-hybridized carbons (Fsp3) is 0. The maximum atomic E-state index is 12.9. The molecule has 122 valence electrons. The second-order valence-corrected chi connectivity index (χ2v) is 6.39. The summed E-state index contributed by atoms with van der Waals surface area (Å²) in [6, 6.07) is 17.1. The van der Waals surface area contributed by atoms with Gasteiger partial charge in [0.25, 0.3) is 17.7 Å². The maximum absolute atomic E-state index is 12.9. The zero-order valence-corrected chi connectivity index (χ0v) is 13.7. The third-order valence-corrected chi connectivity index (χ3v) is 4.79. The van der Waals surface area contributed by atoms with Gasteiger partial charge in [0, 0.05) is 0 Å². The van der Waals surface area contributed by atoms with Crippen LogP contribution in [-0.4, -0.2) is 17.7 Å². The minimum atomic E-state index is -0.437. The van der Waals surface area contributed by atoms with Crippen molar-refractivity contribution in [1.29, 1.82) is 0 Å². The van der Waals surface area contributed by atoms with Gasteiger partial charge in [-0.25, -0.2) is 4.90 Å². The lowest BCUT2D eigenvalue weighted by Gasteiger charge is -2.13. The summed E-state index contributed by atoms with van der Waals surface area (Å²) < 4.78 is 0. The molecule has 3 aromatic rings. The molecule has 0 spiro atoms. The van der Waals surface area contributed by atoms with Crippen LogP contribution in [0.1, 0.15) is 30.4 Å². The summed E-state index contributed by atoms with van der Waals surface area (Å²) in [6.07, 6.45) is 0. The van der Waals surface area contributed by atoms with E-state index in [9.17, 15) is 14.4 Å². The average Bonchev–Trinajstić information content (AvgIpc) is 3.24. The van der Waals surface area contributed by atoms with Gasteiger partial charge in [0.1, 0.15) is 0 Å². The molecule has 1 aliphatic rings. The molecule has 25 heavy (non-hydrogen) atoms. The summed E-state index contributed by atoms with van der Waals surface area (Å²) in [5, 5.41) is 4.54. The molecule has 3 amide bonds. The molecule has 1 N–H and O–H groups in total. The van der Waals surface area contributed by atoms with Crippen molar-refractivity contribution in [1.82, 2.24) is 0 Å². The fourth-order valence-corrected chi connectivity index (χ4v) is 3.41. The molecule has 4 rings (SSSR count). The molecule has 5 nitrogen and oxygen atoms in total. The Bertz CT molecular complexity index is 981. The van der Waals surface area contributed by atoms with Crippen LogP contribution in [0.4, 0.5) is 11.4 Å². The minimum absolute atomic E-state index is 0.223. The van der Waals surface area contributed by atoms with Crippen LogP contribution in [0.25, 0.3) is 0 Å². The van der Waals surface area contributed by atoms with Crippen molar-refractivity contribution in [2.75, 3.05) is 10.2 Å². The van der Waals surface area contributed by atoms with Gasteiger partial charge >= 0.3 is 0 Å². The number of rotatable bonds is 3. The molecular formula is C19H12N2O3S. The number of amides is 3. The van der Waals surface area contributed by atoms with Gasteiger partial charge in [-0.05, 0) is 35.7 Å². The second-order valence-electron chi connectivity index (χ2n) is 5.44. The van der Waals surface area contributed by atoms with Gasteiger partial charge < -0.3 is 5.32 Å². The first-order valence-electron chi connectivity index (χ1n) is 7.58. The lowest BCUT2D eigenvalue weighted by molar-refractivity contribution is 0.0926. The van der Waals surface area contributed by atoms with E-state index in [-0.39, 0.29) is 17.0 Å². The summed E-state index contributed by atoms with van der Waals surface area (Å²) in [5.41, 5.74) is 1.36. The molecule has 6 heteroatoms. The standard InChI is InChI=1S/C19H12N2O3S/c22-17(15-10-5-11-25-15)20-14-9-4-8-13-16(14)19(24)21(18(13)23)12-6-2-1-3-7-12/h1-11H,(H,20,22). The van der Waals surface area contributed by atoms with E-state index < -0.39 is 11.8 Å². The second kappa shape index (κ2) is 5.99. The topological polar surface area (TPSA) is 66.5 Å². The van der Waals surface area contributed by atoms with Crippen LogP contribution in [0.3, 0.4) is 0 Å². The molecule has 2 heterocycles. The van der Waals surface area contributed by atoms with E-state index >= 15 is 0 Å². The Kier molecular flexibility index (Phi) is 3.66. The molecule has 0 fully saturated rings. The van der Waals surface area contributed by atoms with Gasteiger partial charge in [0.05, 0.1) is 27.4 Å². The first-order valence-corrected chi connectivity index (χ1v) is 8.46. The van der Waals surface area contributed by atoms with E-state index in [2.05, 4.69) is 5.32 Å². The Morgan fingerprint density at radius 2 is 1.68 bits per heavy atom. The number of imide groups is 1. The first kappa shape index (κ1) is 15.3. The fourth-order valence-electron chi connectivity index (χ4n) is 2.79. The van der Waals surface area contributed by atoms with Crippen LogP contribution < -0.4 is 10.2 Å². The largest absolute Gasteiger partial charge is 0.321 e. The van der Waals surface area contributed by atoms with E-state index in [1.54, 1.807) is 60.0 Å². The van der Waals surface area contributed by atoms with Crippen molar-refractivity contribution in [3.63, 3.8) is 0 Å². The van der Waals surface area contributed by atoms with E-state index in [4.69, 9.17) is 0 Å². The molecule has 0 bridgehead atoms. The number of hydrogen-bond donors (Lipinski definition) is 1. The highest BCUT2D eigenvalue weighted by molar-refractivity contribution is 7.12. The summed E-state index contributed by atoms with van der Waals surface area (Å²) >= 11 is 1.31. The van der Waals surface area contributed by atoms with Gasteiger partial charge in [-0.1, -0.05) is 30.3 Å². The Morgan fingerprint density at radius 3 is 2.40 bits per heavy atom. The molecule has 0 atom stereocenters. The highest BCUT2D eigenvalue weighted by Gasteiger charge is 2.38. The zero-order chi connectivity index (χ0) is 17.4. The monoisotopic (exact) mass is 348 g/mol. The van der Waals surface area contributed by atoms with E-state index in [0.717, 1.165) is 4.90 Å². The third kappa shape index (κ3) is 2.53. The van der Waals surface area contributed by atoms with Crippen LogP contribution in [0.5, 0.6) is 0 Å². The van der Waals surface area contributed by atoms with Crippen LogP contribution >= 0.6 is 11.3 Å². The third-order valence-electron chi connectivity index (χ3n) is 3.92. The lowest BCUT2D eigenvalue weighted by atomic mass is 10.1. The minimum Gasteiger partial charge on any atom is -0.321 e. The normalized spacial score (nSPS) is 13.0. The van der Waals surface area contributed by atoms with Crippen molar-refractivity contribution < 1.29 is 14.4 Å². The molecule has 1 aromatic heterocycles. The molecule has 0 saturated carbocycles. The number of para-hydroxylation sites is 1. The van der Waals surface area contributed by atoms with Crippen LogP contribution in [0, 0.1) is 0 Å². The zero-order valence-electron chi connectivity index (χ0n) is 12.9. The Hall–Kier alpha value is -3.25. The van der Waals surface area contributed by atoms with Crippen LogP contribution in [-0.2, 0) is 0 Å². The summed E-state index contributed by atoms with van der Waals surface area (Å²) in [5.74, 6) is -1.13. The molecule has 2 aromatic carbocycles. The highest BCUT2D eigenvalue weighted by atomic mass is 32.1. The van der Waals surface area contributed by atoms with Gasteiger partial charge in [0.15, 0.2) is 0 Å². The molecule has 0 aliphatic carbocycles. The SMILES string of the molecule is O=C(Nc1cccc2c1C(=O)N(c1ccccc1)C2=O)c1cccs1. The number of nitrogens with zero attached hydrogens (tertiary/aromatic N) is 1. The molecule has 1 aliphatic heterocycles. The number of benzene rings is 2. The molecular weight excluding hydrogens is 336 g/mol. The highest BCUT2D eigenvalue weighted by Crippen LogP contribution is 2.33. The molecule has 0 radical (unpaired) electrons. The predicted octanol–water partition coefficient (Wildman–Crippen LogP) is 3.80. The number of carbonyl (C=O) groups excluding carboxylic acids is 3. The van der Waals surface area contributed by atoms with Crippen molar-refractivity contribution in [3.05, 3.63) is 82.0 Å². The summed E-state index contributed by atoms with van der Waals surface area (Å²) in [4.78, 5) is 39.5. The first-order chi connectivity index (χ1) is 12.2. The number of hydrogen-bond acceptors (Lipinski definition) is 4. The van der Waals surface area contributed by atoms with Crippen LogP contribution in [0.2, 0.25) is 0 Å². The smallest absolute Gasteiger partial charge is 0.268 e. The van der Waals surface area contributed by atoms with E-state index in [1.807, 2.05) is 6.07 Å². The lowest BCUT2D eigenvalue weighted by Crippen LogP contribution is -2.29. The Labute approximate surface area is 147 Å². The summed E-state index contributed by atoms with van der Waals surface area (Å²) in [6.45, 7) is 0. The van der Waals surface area contributed by atoms with E-state index in [1.165, 1.54) is 11.3 Å². The number of thiophene rings is 1. The number of carbonyl (C=O) groups is 3. The Morgan fingerprint density at radius 1 is 0.880 bits per heavy atom. The molecule has 0 saturated heterocycles. The van der Waals surface area contributed by atoms with E-state index in [0.29, 0.717) is 16.3 Å². The average molecular weight is 348 g/mol. The number of nitrogens with one attached hydrogen (secondary N) is 1. The van der Waals surface area contributed by atoms with Gasteiger partial charge in [-0.2, -0.15) is 0 Å². The maximum Gasteiger partial charge on any atom is 0.268 e. The van der Waals surface area contributed by atoms with Crippen molar-refractivity contribution in [3.8, 4) is 0 Å². The van der Waals surface area contributed by atoms with Crippen molar-refractivity contribution >= 4 is 40.4 Å².